The average molecular weight is 346 g/mol. The van der Waals surface area contributed by atoms with Crippen LogP contribution in [0.2, 0.25) is 0 Å². The van der Waals surface area contributed by atoms with E-state index in [0.717, 1.165) is 0 Å². The average Bonchev–Trinajstić information content (AvgIpc) is 2.66. The largest absolute Gasteiger partial charge is 0.497 e. The van der Waals surface area contributed by atoms with E-state index in [1.165, 1.54) is 14.2 Å². The molecule has 134 valence electrons. The molecule has 2 aromatic carbocycles. The van der Waals surface area contributed by atoms with Gasteiger partial charge in [0.2, 0.25) is 0 Å². The van der Waals surface area contributed by atoms with Gasteiger partial charge in [0.25, 0.3) is 0 Å². The molecule has 7 nitrogen and oxygen atoms in total. The Morgan fingerprint density at radius 1 is 1.00 bits per heavy atom. The lowest BCUT2D eigenvalue weighted by atomic mass is 10.1. The monoisotopic (exact) mass is 346 g/mol. The highest BCUT2D eigenvalue weighted by atomic mass is 16.5. The fourth-order valence-electron chi connectivity index (χ4n) is 2.21. The van der Waals surface area contributed by atoms with Crippen molar-refractivity contribution < 1.29 is 24.1 Å². The Balaban J connectivity index is 1.93. The van der Waals surface area contributed by atoms with Gasteiger partial charge in [0.15, 0.2) is 0 Å². The van der Waals surface area contributed by atoms with Gasteiger partial charge in [0, 0.05) is 12.6 Å². The van der Waals surface area contributed by atoms with Crippen molar-refractivity contribution >= 4 is 11.7 Å². The highest BCUT2D eigenvalue weighted by Crippen LogP contribution is 2.28. The number of aliphatic hydroxyl groups is 1. The van der Waals surface area contributed by atoms with Crippen LogP contribution < -0.4 is 24.8 Å². The second-order valence-electron chi connectivity index (χ2n) is 5.19. The van der Waals surface area contributed by atoms with E-state index in [1.54, 1.807) is 49.6 Å². The van der Waals surface area contributed by atoms with Crippen LogP contribution in [-0.2, 0) is 0 Å². The van der Waals surface area contributed by atoms with E-state index >= 15 is 0 Å². The molecule has 0 bridgehead atoms. The van der Waals surface area contributed by atoms with Crippen molar-refractivity contribution in [2.45, 2.75) is 6.10 Å². The number of aliphatic hydroxyl groups excluding tert-OH is 1. The van der Waals surface area contributed by atoms with Gasteiger partial charge in [0.05, 0.1) is 33.1 Å². The molecule has 0 heterocycles. The Morgan fingerprint density at radius 3 is 2.24 bits per heavy atom. The van der Waals surface area contributed by atoms with Crippen molar-refractivity contribution in [3.05, 3.63) is 48.0 Å². The number of nitrogens with one attached hydrogen (secondary N) is 2. The van der Waals surface area contributed by atoms with E-state index in [0.29, 0.717) is 28.5 Å². The minimum absolute atomic E-state index is 0.0600. The van der Waals surface area contributed by atoms with Gasteiger partial charge in [-0.05, 0) is 29.8 Å². The molecule has 0 spiro atoms. The maximum absolute atomic E-state index is 12.1. The number of ether oxygens (including phenoxy) is 3. The smallest absolute Gasteiger partial charge is 0.319 e. The summed E-state index contributed by atoms with van der Waals surface area (Å²) < 4.78 is 15.4. The lowest BCUT2D eigenvalue weighted by Gasteiger charge is -2.15. The molecule has 2 amide bonds. The first-order valence-corrected chi connectivity index (χ1v) is 7.66. The molecular weight excluding hydrogens is 324 g/mol. The second-order valence-corrected chi connectivity index (χ2v) is 5.19. The van der Waals surface area contributed by atoms with Crippen LogP contribution in [0.1, 0.15) is 11.7 Å². The van der Waals surface area contributed by atoms with Gasteiger partial charge < -0.3 is 30.0 Å². The number of carbonyl (C=O) groups excluding carboxylic acids is 1. The van der Waals surface area contributed by atoms with Crippen molar-refractivity contribution in [2.24, 2.45) is 0 Å². The number of benzene rings is 2. The Labute approximate surface area is 146 Å². The van der Waals surface area contributed by atoms with Gasteiger partial charge in [-0.2, -0.15) is 0 Å². The zero-order valence-corrected chi connectivity index (χ0v) is 14.4. The summed E-state index contributed by atoms with van der Waals surface area (Å²) >= 11 is 0. The molecule has 1 atom stereocenters. The summed E-state index contributed by atoms with van der Waals surface area (Å²) in [6, 6.07) is 11.6. The number of anilines is 1. The molecule has 0 radical (unpaired) electrons. The molecule has 0 saturated carbocycles. The molecule has 1 unspecified atom stereocenters. The predicted octanol–water partition coefficient (Wildman–Crippen LogP) is 2.57. The van der Waals surface area contributed by atoms with Gasteiger partial charge in [-0.3, -0.25) is 0 Å². The molecule has 0 aliphatic rings. The Kier molecular flexibility index (Phi) is 6.47. The highest BCUT2D eigenvalue weighted by molar-refractivity contribution is 5.91. The normalized spacial score (nSPS) is 11.4. The van der Waals surface area contributed by atoms with Crippen molar-refractivity contribution in [3.63, 3.8) is 0 Å². The molecule has 0 aliphatic carbocycles. The number of carbonyl (C=O) groups is 1. The quantitative estimate of drug-likeness (QED) is 0.717. The fraction of sp³-hybridized carbons (Fsp3) is 0.278. The van der Waals surface area contributed by atoms with E-state index < -0.39 is 12.1 Å². The van der Waals surface area contributed by atoms with Crippen LogP contribution >= 0.6 is 0 Å². The third-order valence-corrected chi connectivity index (χ3v) is 3.61. The summed E-state index contributed by atoms with van der Waals surface area (Å²) in [4.78, 5) is 12.1. The fourth-order valence-corrected chi connectivity index (χ4v) is 2.21. The molecule has 0 saturated heterocycles. The molecule has 25 heavy (non-hydrogen) atoms. The highest BCUT2D eigenvalue weighted by Gasteiger charge is 2.12. The summed E-state index contributed by atoms with van der Waals surface area (Å²) in [6.45, 7) is 0.0600. The summed E-state index contributed by atoms with van der Waals surface area (Å²) in [5.74, 6) is 1.80. The molecule has 0 aromatic heterocycles. The third kappa shape index (κ3) is 5.02. The number of rotatable bonds is 7. The van der Waals surface area contributed by atoms with E-state index in [9.17, 15) is 9.90 Å². The molecule has 3 N–H and O–H groups in total. The zero-order chi connectivity index (χ0) is 18.2. The molecule has 0 fully saturated rings. The van der Waals surface area contributed by atoms with Crippen LogP contribution in [0.5, 0.6) is 17.2 Å². The van der Waals surface area contributed by atoms with Gasteiger partial charge in [-0.15, -0.1) is 0 Å². The number of hydrogen-bond donors (Lipinski definition) is 3. The summed E-state index contributed by atoms with van der Waals surface area (Å²) in [6.07, 6.45) is -0.830. The first kappa shape index (κ1) is 18.4. The second kappa shape index (κ2) is 8.79. The van der Waals surface area contributed by atoms with Gasteiger partial charge in [-0.25, -0.2) is 4.79 Å². The van der Waals surface area contributed by atoms with Crippen molar-refractivity contribution in [1.29, 1.82) is 0 Å². The Bertz CT molecular complexity index is 703. The molecule has 7 heteroatoms. The maximum atomic E-state index is 12.1. The lowest BCUT2D eigenvalue weighted by Crippen LogP contribution is -2.32. The Hall–Kier alpha value is -2.93. The van der Waals surface area contributed by atoms with Crippen molar-refractivity contribution in [2.75, 3.05) is 33.2 Å². The minimum atomic E-state index is -0.830. The van der Waals surface area contributed by atoms with Crippen LogP contribution in [0.25, 0.3) is 0 Å². The number of amides is 2. The van der Waals surface area contributed by atoms with Crippen LogP contribution in [0.3, 0.4) is 0 Å². The first-order chi connectivity index (χ1) is 12.1. The van der Waals surface area contributed by atoms with Gasteiger partial charge >= 0.3 is 6.03 Å². The lowest BCUT2D eigenvalue weighted by molar-refractivity contribution is 0.175. The van der Waals surface area contributed by atoms with E-state index in [-0.39, 0.29) is 6.54 Å². The van der Waals surface area contributed by atoms with Crippen LogP contribution in [0.4, 0.5) is 10.5 Å². The van der Waals surface area contributed by atoms with Crippen molar-refractivity contribution in [3.8, 4) is 17.2 Å². The molecular formula is C18H22N2O5. The summed E-state index contributed by atoms with van der Waals surface area (Å²) in [5.41, 5.74) is 1.15. The standard InChI is InChI=1S/C18H22N2O5/c1-23-13-6-4-12(5-7-13)16(21)11-19-18(22)20-15-10-14(24-2)8-9-17(15)25-3/h4-10,16,21H,11H2,1-3H3,(H2,19,20,22). The molecule has 2 aromatic rings. The zero-order valence-electron chi connectivity index (χ0n) is 14.4. The van der Waals surface area contributed by atoms with Crippen LogP contribution in [-0.4, -0.2) is 39.0 Å². The third-order valence-electron chi connectivity index (χ3n) is 3.61. The number of hydrogen-bond acceptors (Lipinski definition) is 5. The van der Waals surface area contributed by atoms with Gasteiger partial charge in [0.1, 0.15) is 17.2 Å². The topological polar surface area (TPSA) is 89.1 Å². The minimum Gasteiger partial charge on any atom is -0.497 e. The van der Waals surface area contributed by atoms with Crippen molar-refractivity contribution in [1.82, 2.24) is 5.32 Å². The van der Waals surface area contributed by atoms with E-state index in [2.05, 4.69) is 10.6 Å². The van der Waals surface area contributed by atoms with Crippen LogP contribution in [0, 0.1) is 0 Å². The Morgan fingerprint density at radius 2 is 1.64 bits per heavy atom. The van der Waals surface area contributed by atoms with E-state index in [4.69, 9.17) is 14.2 Å². The SMILES string of the molecule is COc1ccc(C(O)CNC(=O)Nc2cc(OC)ccc2OC)cc1. The number of methoxy groups -OCH3 is 3. The first-order valence-electron chi connectivity index (χ1n) is 7.66. The maximum Gasteiger partial charge on any atom is 0.319 e. The summed E-state index contributed by atoms with van der Waals surface area (Å²) in [7, 11) is 4.62. The van der Waals surface area contributed by atoms with E-state index in [1.807, 2.05) is 0 Å². The molecule has 0 aliphatic heterocycles. The van der Waals surface area contributed by atoms with Crippen LogP contribution in [0.15, 0.2) is 42.5 Å². The molecule has 2 rings (SSSR count). The van der Waals surface area contributed by atoms with Gasteiger partial charge in [-0.1, -0.05) is 12.1 Å². The number of urea groups is 1. The summed E-state index contributed by atoms with van der Waals surface area (Å²) in [5, 5.41) is 15.4. The predicted molar refractivity (Wildman–Crippen MR) is 94.5 cm³/mol.